The van der Waals surface area contributed by atoms with Crippen LogP contribution in [0.2, 0.25) is 0 Å². The summed E-state index contributed by atoms with van der Waals surface area (Å²) in [7, 11) is 0. The Bertz CT molecular complexity index is 617. The molecule has 2 N–H and O–H groups in total. The molecule has 1 saturated heterocycles. The van der Waals surface area contributed by atoms with Crippen LogP contribution in [-0.4, -0.2) is 37.1 Å². The van der Waals surface area contributed by atoms with Gasteiger partial charge in [0.25, 0.3) is 5.89 Å². The van der Waals surface area contributed by atoms with Gasteiger partial charge in [-0.3, -0.25) is 0 Å². The lowest BCUT2D eigenvalue weighted by Gasteiger charge is -2.24. The standard InChI is InChI=1S/C13H14N2O3S2/c1-7-11(20-6-5-19-7)12-14-13(18-15-12)8-3-2-4-9(16)10(8)17/h2-4,7,11,16-17H,5-6H2,1H3. The fourth-order valence-electron chi connectivity index (χ4n) is 2.08. The van der Waals surface area contributed by atoms with Crippen LogP contribution in [0.3, 0.4) is 0 Å². The van der Waals surface area contributed by atoms with E-state index >= 15 is 0 Å². The summed E-state index contributed by atoms with van der Waals surface area (Å²) < 4.78 is 5.23. The molecule has 2 heterocycles. The van der Waals surface area contributed by atoms with Gasteiger partial charge in [-0.2, -0.15) is 16.7 Å². The first-order valence-corrected chi connectivity index (χ1v) is 8.34. The molecule has 0 saturated carbocycles. The number of rotatable bonds is 2. The van der Waals surface area contributed by atoms with Crippen LogP contribution in [-0.2, 0) is 0 Å². The molecule has 0 bridgehead atoms. The number of thioether (sulfide) groups is 2. The normalized spacial score (nSPS) is 22.9. The Labute approximate surface area is 124 Å². The van der Waals surface area contributed by atoms with Gasteiger partial charge in [0.15, 0.2) is 17.3 Å². The number of phenols is 2. The van der Waals surface area contributed by atoms with Crippen molar-refractivity contribution in [1.82, 2.24) is 10.1 Å². The van der Waals surface area contributed by atoms with Gasteiger partial charge in [-0.1, -0.05) is 18.1 Å². The van der Waals surface area contributed by atoms with Crippen LogP contribution in [0, 0.1) is 0 Å². The summed E-state index contributed by atoms with van der Waals surface area (Å²) in [6.07, 6.45) is 0. The molecule has 5 nitrogen and oxygen atoms in total. The lowest BCUT2D eigenvalue weighted by atomic mass is 10.2. The number of aromatic nitrogens is 2. The number of hydrogen-bond acceptors (Lipinski definition) is 7. The van der Waals surface area contributed by atoms with E-state index in [-0.39, 0.29) is 22.6 Å². The van der Waals surface area contributed by atoms with Crippen molar-refractivity contribution in [3.8, 4) is 23.0 Å². The number of phenolic OH excluding ortho intramolecular Hbond substituents is 2. The van der Waals surface area contributed by atoms with Gasteiger partial charge >= 0.3 is 0 Å². The number of benzene rings is 1. The number of aromatic hydroxyl groups is 2. The maximum absolute atomic E-state index is 9.84. The van der Waals surface area contributed by atoms with Gasteiger partial charge in [0.1, 0.15) is 0 Å². The zero-order chi connectivity index (χ0) is 14.1. The van der Waals surface area contributed by atoms with Crippen LogP contribution in [0.1, 0.15) is 18.0 Å². The third-order valence-corrected chi connectivity index (χ3v) is 6.22. The van der Waals surface area contributed by atoms with Crippen LogP contribution >= 0.6 is 23.5 Å². The third kappa shape index (κ3) is 2.47. The highest BCUT2D eigenvalue weighted by molar-refractivity contribution is 8.06. The van der Waals surface area contributed by atoms with Crippen LogP contribution in [0.4, 0.5) is 0 Å². The molecule has 2 atom stereocenters. The molecule has 0 aliphatic carbocycles. The fourth-order valence-corrected chi connectivity index (χ4v) is 4.76. The minimum atomic E-state index is -0.235. The topological polar surface area (TPSA) is 79.4 Å². The van der Waals surface area contributed by atoms with Crippen molar-refractivity contribution < 1.29 is 14.7 Å². The molecule has 7 heteroatoms. The second-order valence-electron chi connectivity index (χ2n) is 4.50. The van der Waals surface area contributed by atoms with Gasteiger partial charge in [0.05, 0.1) is 10.8 Å². The summed E-state index contributed by atoms with van der Waals surface area (Å²) in [6, 6.07) is 4.67. The second-order valence-corrected chi connectivity index (χ2v) is 7.23. The van der Waals surface area contributed by atoms with E-state index < -0.39 is 0 Å². The summed E-state index contributed by atoms with van der Waals surface area (Å²) >= 11 is 3.72. The van der Waals surface area contributed by atoms with E-state index in [1.165, 1.54) is 6.07 Å². The Kier molecular flexibility index (Phi) is 3.80. The van der Waals surface area contributed by atoms with Gasteiger partial charge in [-0.15, -0.1) is 11.8 Å². The van der Waals surface area contributed by atoms with Crippen LogP contribution in [0.15, 0.2) is 22.7 Å². The molecule has 20 heavy (non-hydrogen) atoms. The van der Waals surface area contributed by atoms with Crippen molar-refractivity contribution in [2.45, 2.75) is 17.4 Å². The van der Waals surface area contributed by atoms with E-state index in [1.54, 1.807) is 12.1 Å². The molecule has 0 radical (unpaired) electrons. The molecule has 1 aliphatic rings. The molecular formula is C13H14N2O3S2. The average molecular weight is 310 g/mol. The molecule has 1 fully saturated rings. The summed E-state index contributed by atoms with van der Waals surface area (Å²) in [6.45, 7) is 2.16. The highest BCUT2D eigenvalue weighted by Gasteiger charge is 2.29. The Morgan fingerprint density at radius 3 is 2.85 bits per heavy atom. The molecule has 1 aliphatic heterocycles. The van der Waals surface area contributed by atoms with E-state index in [2.05, 4.69) is 17.1 Å². The van der Waals surface area contributed by atoms with Crippen molar-refractivity contribution in [1.29, 1.82) is 0 Å². The van der Waals surface area contributed by atoms with Crippen LogP contribution in [0.5, 0.6) is 11.5 Å². The lowest BCUT2D eigenvalue weighted by molar-refractivity contribution is 0.396. The van der Waals surface area contributed by atoms with Gasteiger partial charge in [0, 0.05) is 16.8 Å². The quantitative estimate of drug-likeness (QED) is 0.825. The maximum Gasteiger partial charge on any atom is 0.261 e. The average Bonchev–Trinajstić information content (AvgIpc) is 2.92. The first-order valence-electron chi connectivity index (χ1n) is 6.25. The Hall–Kier alpha value is -1.34. The lowest BCUT2D eigenvalue weighted by Crippen LogP contribution is -2.16. The first-order chi connectivity index (χ1) is 9.66. The van der Waals surface area contributed by atoms with Crippen molar-refractivity contribution in [3.63, 3.8) is 0 Å². The van der Waals surface area contributed by atoms with Crippen molar-refractivity contribution in [2.24, 2.45) is 0 Å². The SMILES string of the molecule is CC1SCCSC1c1noc(-c2cccc(O)c2O)n1. The molecule has 2 aromatic rings. The molecule has 3 rings (SSSR count). The smallest absolute Gasteiger partial charge is 0.261 e. The molecule has 2 unspecified atom stereocenters. The predicted molar refractivity (Wildman–Crippen MR) is 80.2 cm³/mol. The highest BCUT2D eigenvalue weighted by atomic mass is 32.2. The van der Waals surface area contributed by atoms with Crippen molar-refractivity contribution in [2.75, 3.05) is 11.5 Å². The van der Waals surface area contributed by atoms with E-state index in [4.69, 9.17) is 4.52 Å². The molecule has 0 amide bonds. The van der Waals surface area contributed by atoms with Gasteiger partial charge in [-0.25, -0.2) is 0 Å². The van der Waals surface area contributed by atoms with Gasteiger partial charge < -0.3 is 14.7 Å². The summed E-state index contributed by atoms with van der Waals surface area (Å²) in [5, 5.41) is 24.0. The van der Waals surface area contributed by atoms with E-state index in [9.17, 15) is 10.2 Å². The van der Waals surface area contributed by atoms with Gasteiger partial charge in [0.2, 0.25) is 0 Å². The second kappa shape index (κ2) is 5.57. The first kappa shape index (κ1) is 13.6. The largest absolute Gasteiger partial charge is 0.504 e. The van der Waals surface area contributed by atoms with Crippen LogP contribution in [0.25, 0.3) is 11.5 Å². The number of hydrogen-bond donors (Lipinski definition) is 2. The predicted octanol–water partition coefficient (Wildman–Crippen LogP) is 3.06. The molecule has 0 spiro atoms. The highest BCUT2D eigenvalue weighted by Crippen LogP contribution is 2.42. The Morgan fingerprint density at radius 2 is 2.05 bits per heavy atom. The molecule has 1 aromatic carbocycles. The summed E-state index contributed by atoms with van der Waals surface area (Å²) in [5.41, 5.74) is 0.352. The fraction of sp³-hybridized carbons (Fsp3) is 0.385. The maximum atomic E-state index is 9.84. The number of para-hydroxylation sites is 1. The summed E-state index contributed by atoms with van der Waals surface area (Å²) in [4.78, 5) is 4.37. The minimum Gasteiger partial charge on any atom is -0.504 e. The Balaban J connectivity index is 1.92. The number of nitrogens with zero attached hydrogens (tertiary/aromatic N) is 2. The summed E-state index contributed by atoms with van der Waals surface area (Å²) in [5.74, 6) is 2.66. The molecule has 106 valence electrons. The molecule has 1 aromatic heterocycles. The zero-order valence-corrected chi connectivity index (χ0v) is 12.4. The van der Waals surface area contributed by atoms with Crippen LogP contribution < -0.4 is 0 Å². The van der Waals surface area contributed by atoms with Crippen molar-refractivity contribution >= 4 is 23.5 Å². The monoisotopic (exact) mass is 310 g/mol. The Morgan fingerprint density at radius 1 is 1.25 bits per heavy atom. The van der Waals surface area contributed by atoms with Gasteiger partial charge in [-0.05, 0) is 12.1 Å². The van der Waals surface area contributed by atoms with Crippen molar-refractivity contribution in [3.05, 3.63) is 24.0 Å². The van der Waals surface area contributed by atoms with E-state index in [0.29, 0.717) is 16.6 Å². The van der Waals surface area contributed by atoms with E-state index in [1.807, 2.05) is 23.5 Å². The minimum absolute atomic E-state index is 0.196. The molecular weight excluding hydrogens is 296 g/mol. The third-order valence-electron chi connectivity index (χ3n) is 3.13. The van der Waals surface area contributed by atoms with E-state index in [0.717, 1.165) is 11.5 Å². The zero-order valence-electron chi connectivity index (χ0n) is 10.8.